The maximum absolute atomic E-state index is 5.93. The molecule has 1 heterocycles. The van der Waals surface area contributed by atoms with Gasteiger partial charge in [0.25, 0.3) is 0 Å². The number of benzene rings is 1. The molecule has 0 atom stereocenters. The highest BCUT2D eigenvalue weighted by atomic mass is 35.5. The Kier molecular flexibility index (Phi) is 4.77. The smallest absolute Gasteiger partial charge is 0.212 e. The molecule has 0 aliphatic rings. The predicted octanol–water partition coefficient (Wildman–Crippen LogP) is 3.34. The van der Waals surface area contributed by atoms with Crippen molar-refractivity contribution in [1.82, 2.24) is 10.3 Å². The molecule has 4 heteroatoms. The van der Waals surface area contributed by atoms with Crippen LogP contribution in [0.15, 0.2) is 36.5 Å². The number of hydrogen-bond acceptors (Lipinski definition) is 3. The lowest BCUT2D eigenvalue weighted by atomic mass is 10.1. The summed E-state index contributed by atoms with van der Waals surface area (Å²) in [5, 5.41) is 4.17. The average Bonchev–Trinajstić information content (AvgIpc) is 2.42. The first-order valence-electron chi connectivity index (χ1n) is 6.13. The minimum absolute atomic E-state index is 0.636. The van der Waals surface area contributed by atoms with Crippen LogP contribution in [0.4, 0.5) is 0 Å². The van der Waals surface area contributed by atoms with Gasteiger partial charge in [0.15, 0.2) is 0 Å². The number of halogens is 1. The molecule has 1 aromatic carbocycles. The van der Waals surface area contributed by atoms with Gasteiger partial charge in [0.2, 0.25) is 5.88 Å². The van der Waals surface area contributed by atoms with Crippen LogP contribution in [0.25, 0.3) is 0 Å². The number of aryl methyl sites for hydroxylation is 1. The van der Waals surface area contributed by atoms with E-state index in [2.05, 4.69) is 23.3 Å². The van der Waals surface area contributed by atoms with Gasteiger partial charge < -0.3 is 10.1 Å². The Labute approximate surface area is 118 Å². The van der Waals surface area contributed by atoms with Crippen molar-refractivity contribution in [3.8, 4) is 5.88 Å². The molecule has 2 aromatic rings. The number of pyridine rings is 1. The first-order chi connectivity index (χ1) is 9.19. The summed E-state index contributed by atoms with van der Waals surface area (Å²) in [5.74, 6) is 0.636. The van der Waals surface area contributed by atoms with Crippen molar-refractivity contribution in [1.29, 1.82) is 0 Å². The highest BCUT2D eigenvalue weighted by Gasteiger charge is 2.00. The van der Waals surface area contributed by atoms with Gasteiger partial charge in [0.1, 0.15) is 0 Å². The van der Waals surface area contributed by atoms with Gasteiger partial charge >= 0.3 is 0 Å². The third kappa shape index (κ3) is 3.94. The maximum atomic E-state index is 5.93. The molecule has 2 rings (SSSR count). The van der Waals surface area contributed by atoms with E-state index in [-0.39, 0.29) is 0 Å². The average molecular weight is 277 g/mol. The van der Waals surface area contributed by atoms with Gasteiger partial charge in [0.05, 0.1) is 7.11 Å². The molecule has 0 amide bonds. The molecule has 0 unspecified atom stereocenters. The van der Waals surface area contributed by atoms with Crippen LogP contribution in [-0.4, -0.2) is 12.1 Å². The number of hydrogen-bond donors (Lipinski definition) is 1. The highest BCUT2D eigenvalue weighted by Crippen LogP contribution is 2.15. The van der Waals surface area contributed by atoms with Crippen LogP contribution in [0, 0.1) is 6.92 Å². The van der Waals surface area contributed by atoms with E-state index >= 15 is 0 Å². The summed E-state index contributed by atoms with van der Waals surface area (Å²) in [6, 6.07) is 9.82. The summed E-state index contributed by atoms with van der Waals surface area (Å²) in [5.41, 5.74) is 3.59. The largest absolute Gasteiger partial charge is 0.481 e. The lowest BCUT2D eigenvalue weighted by Crippen LogP contribution is -2.13. The van der Waals surface area contributed by atoms with E-state index in [0.29, 0.717) is 5.88 Å². The van der Waals surface area contributed by atoms with Gasteiger partial charge in [-0.05, 0) is 35.7 Å². The van der Waals surface area contributed by atoms with Crippen LogP contribution >= 0.6 is 11.6 Å². The fraction of sp³-hybridized carbons (Fsp3) is 0.267. The number of aromatic nitrogens is 1. The Bertz CT molecular complexity index is 540. The summed E-state index contributed by atoms with van der Waals surface area (Å²) in [6.45, 7) is 3.66. The van der Waals surface area contributed by atoms with Crippen LogP contribution in [0.2, 0.25) is 5.02 Å². The van der Waals surface area contributed by atoms with Crippen LogP contribution in [0.1, 0.15) is 16.7 Å². The van der Waals surface area contributed by atoms with Gasteiger partial charge in [0, 0.05) is 30.4 Å². The Morgan fingerprint density at radius 1 is 1.21 bits per heavy atom. The minimum Gasteiger partial charge on any atom is -0.481 e. The molecule has 0 aliphatic heterocycles. The van der Waals surface area contributed by atoms with Crippen molar-refractivity contribution in [2.75, 3.05) is 7.11 Å². The summed E-state index contributed by atoms with van der Waals surface area (Å²) >= 11 is 5.93. The molecule has 0 spiro atoms. The molecule has 0 bridgehead atoms. The fourth-order valence-electron chi connectivity index (χ4n) is 1.84. The second kappa shape index (κ2) is 6.55. The second-order valence-corrected chi connectivity index (χ2v) is 4.82. The van der Waals surface area contributed by atoms with Crippen LogP contribution < -0.4 is 10.1 Å². The minimum atomic E-state index is 0.636. The summed E-state index contributed by atoms with van der Waals surface area (Å²) in [7, 11) is 1.61. The molecule has 1 N–H and O–H groups in total. The molecular formula is C15H17ClN2O. The topological polar surface area (TPSA) is 34.1 Å². The van der Waals surface area contributed by atoms with E-state index in [1.165, 1.54) is 11.1 Å². The SMILES string of the molecule is COc1ccc(CNCc2ccc(Cl)cc2C)cn1. The Hall–Kier alpha value is -1.58. The normalized spacial score (nSPS) is 10.5. The quantitative estimate of drug-likeness (QED) is 0.909. The van der Waals surface area contributed by atoms with Gasteiger partial charge in [-0.15, -0.1) is 0 Å². The van der Waals surface area contributed by atoms with Crippen LogP contribution in [0.5, 0.6) is 5.88 Å². The van der Waals surface area contributed by atoms with Crippen molar-refractivity contribution >= 4 is 11.6 Å². The molecular weight excluding hydrogens is 260 g/mol. The van der Waals surface area contributed by atoms with E-state index in [4.69, 9.17) is 16.3 Å². The van der Waals surface area contributed by atoms with Gasteiger partial charge in [-0.1, -0.05) is 23.7 Å². The number of nitrogens with one attached hydrogen (secondary N) is 1. The zero-order valence-corrected chi connectivity index (χ0v) is 11.9. The molecule has 0 radical (unpaired) electrons. The summed E-state index contributed by atoms with van der Waals surface area (Å²) in [4.78, 5) is 4.17. The van der Waals surface area contributed by atoms with Crippen molar-refractivity contribution in [3.05, 3.63) is 58.2 Å². The third-order valence-electron chi connectivity index (χ3n) is 2.96. The third-order valence-corrected chi connectivity index (χ3v) is 3.19. The van der Waals surface area contributed by atoms with Crippen LogP contribution in [0.3, 0.4) is 0 Å². The lowest BCUT2D eigenvalue weighted by molar-refractivity contribution is 0.397. The van der Waals surface area contributed by atoms with Crippen molar-refractivity contribution in [2.24, 2.45) is 0 Å². The maximum Gasteiger partial charge on any atom is 0.212 e. The van der Waals surface area contributed by atoms with Gasteiger partial charge in [-0.2, -0.15) is 0 Å². The van der Waals surface area contributed by atoms with E-state index in [1.807, 2.05) is 30.5 Å². The van der Waals surface area contributed by atoms with Crippen molar-refractivity contribution < 1.29 is 4.74 Å². The number of rotatable bonds is 5. The number of methoxy groups -OCH3 is 1. The molecule has 3 nitrogen and oxygen atoms in total. The standard InChI is InChI=1S/C15H17ClN2O/c1-11-7-14(16)5-4-13(11)10-17-8-12-3-6-15(19-2)18-9-12/h3-7,9,17H,8,10H2,1-2H3. The molecule has 0 aliphatic carbocycles. The van der Waals surface area contributed by atoms with E-state index in [9.17, 15) is 0 Å². The molecule has 19 heavy (non-hydrogen) atoms. The zero-order valence-electron chi connectivity index (χ0n) is 11.1. The van der Waals surface area contributed by atoms with Crippen molar-refractivity contribution in [3.63, 3.8) is 0 Å². The van der Waals surface area contributed by atoms with E-state index in [0.717, 1.165) is 23.7 Å². The van der Waals surface area contributed by atoms with E-state index in [1.54, 1.807) is 7.11 Å². The van der Waals surface area contributed by atoms with Gasteiger partial charge in [-0.25, -0.2) is 4.98 Å². The monoisotopic (exact) mass is 276 g/mol. The molecule has 0 saturated heterocycles. The predicted molar refractivity (Wildman–Crippen MR) is 77.5 cm³/mol. The lowest BCUT2D eigenvalue weighted by Gasteiger charge is -2.08. The Morgan fingerprint density at radius 2 is 2.05 bits per heavy atom. The molecule has 0 fully saturated rings. The number of nitrogens with zero attached hydrogens (tertiary/aromatic N) is 1. The molecule has 0 saturated carbocycles. The molecule has 1 aromatic heterocycles. The second-order valence-electron chi connectivity index (χ2n) is 4.38. The summed E-state index contributed by atoms with van der Waals surface area (Å²) in [6.07, 6.45) is 1.82. The first-order valence-corrected chi connectivity index (χ1v) is 6.51. The highest BCUT2D eigenvalue weighted by molar-refractivity contribution is 6.30. The van der Waals surface area contributed by atoms with Gasteiger partial charge in [-0.3, -0.25) is 0 Å². The Morgan fingerprint density at radius 3 is 2.68 bits per heavy atom. The Balaban J connectivity index is 1.88. The van der Waals surface area contributed by atoms with Crippen LogP contribution in [-0.2, 0) is 13.1 Å². The van der Waals surface area contributed by atoms with Crippen molar-refractivity contribution in [2.45, 2.75) is 20.0 Å². The zero-order chi connectivity index (χ0) is 13.7. The summed E-state index contributed by atoms with van der Waals surface area (Å²) < 4.78 is 5.03. The fourth-order valence-corrected chi connectivity index (χ4v) is 2.06. The first kappa shape index (κ1) is 13.8. The van der Waals surface area contributed by atoms with E-state index < -0.39 is 0 Å². The molecule has 100 valence electrons. The number of ether oxygens (including phenoxy) is 1.